The van der Waals surface area contributed by atoms with Gasteiger partial charge in [-0.25, -0.2) is 4.99 Å². The van der Waals surface area contributed by atoms with Gasteiger partial charge in [-0.2, -0.15) is 13.2 Å². The average Bonchev–Trinajstić information content (AvgIpc) is 2.46. The van der Waals surface area contributed by atoms with Crippen LogP contribution in [-0.2, 0) is 6.18 Å². The first kappa shape index (κ1) is 16.3. The van der Waals surface area contributed by atoms with E-state index in [0.717, 1.165) is 12.1 Å². The fourth-order valence-electron chi connectivity index (χ4n) is 1.81. The molecule has 0 fully saturated rings. The first-order chi connectivity index (χ1) is 10.8. The molecular formula is C15H13F3N4O. The van der Waals surface area contributed by atoms with Crippen molar-refractivity contribution in [3.63, 3.8) is 0 Å². The van der Waals surface area contributed by atoms with Gasteiger partial charge in [-0.05, 0) is 42.5 Å². The van der Waals surface area contributed by atoms with Crippen LogP contribution in [0.4, 0.5) is 24.5 Å². The van der Waals surface area contributed by atoms with Crippen molar-refractivity contribution in [2.24, 2.45) is 16.5 Å². The smallest absolute Gasteiger partial charge is 0.370 e. The summed E-state index contributed by atoms with van der Waals surface area (Å²) in [7, 11) is 0. The third-order valence-electron chi connectivity index (χ3n) is 2.84. The van der Waals surface area contributed by atoms with Crippen LogP contribution < -0.4 is 16.8 Å². The molecule has 0 aliphatic heterocycles. The highest BCUT2D eigenvalue weighted by atomic mass is 19.4. The Morgan fingerprint density at radius 3 is 2.26 bits per heavy atom. The highest BCUT2D eigenvalue weighted by Crippen LogP contribution is 2.30. The van der Waals surface area contributed by atoms with E-state index in [2.05, 4.69) is 10.3 Å². The van der Waals surface area contributed by atoms with E-state index < -0.39 is 17.6 Å². The maximum atomic E-state index is 12.6. The summed E-state index contributed by atoms with van der Waals surface area (Å²) in [6, 6.07) is 10.4. The molecule has 0 spiro atoms. The molecule has 120 valence electrons. The van der Waals surface area contributed by atoms with E-state index in [1.54, 1.807) is 0 Å². The molecule has 0 atom stereocenters. The second-order valence-corrected chi connectivity index (χ2v) is 4.62. The third kappa shape index (κ3) is 4.47. The van der Waals surface area contributed by atoms with Crippen LogP contribution in [0.1, 0.15) is 15.9 Å². The number of anilines is 1. The van der Waals surface area contributed by atoms with E-state index in [1.807, 2.05) is 0 Å². The second-order valence-electron chi connectivity index (χ2n) is 4.62. The van der Waals surface area contributed by atoms with E-state index >= 15 is 0 Å². The topological polar surface area (TPSA) is 93.5 Å². The SMILES string of the molecule is NC(N)=Nc1ccc(C(=O)Nc2cccc(C(F)(F)F)c2)cc1. The summed E-state index contributed by atoms with van der Waals surface area (Å²) in [5.74, 6) is -0.660. The molecule has 0 unspecified atom stereocenters. The lowest BCUT2D eigenvalue weighted by molar-refractivity contribution is -0.137. The van der Waals surface area contributed by atoms with Gasteiger partial charge >= 0.3 is 6.18 Å². The summed E-state index contributed by atoms with van der Waals surface area (Å²) in [4.78, 5) is 15.8. The highest BCUT2D eigenvalue weighted by molar-refractivity contribution is 6.04. The molecule has 0 saturated carbocycles. The molecule has 5 N–H and O–H groups in total. The molecule has 8 heteroatoms. The number of nitrogens with zero attached hydrogens (tertiary/aromatic N) is 1. The monoisotopic (exact) mass is 322 g/mol. The predicted octanol–water partition coefficient (Wildman–Crippen LogP) is 2.86. The largest absolute Gasteiger partial charge is 0.416 e. The molecule has 0 bridgehead atoms. The van der Waals surface area contributed by atoms with Crippen molar-refractivity contribution in [2.45, 2.75) is 6.18 Å². The Labute approximate surface area is 129 Å². The molecule has 0 aliphatic rings. The van der Waals surface area contributed by atoms with Crippen molar-refractivity contribution >= 4 is 23.2 Å². The third-order valence-corrected chi connectivity index (χ3v) is 2.84. The van der Waals surface area contributed by atoms with Gasteiger partial charge in [0.15, 0.2) is 5.96 Å². The van der Waals surface area contributed by atoms with Gasteiger partial charge in [0.05, 0.1) is 11.3 Å². The number of amides is 1. The maximum Gasteiger partial charge on any atom is 0.416 e. The van der Waals surface area contributed by atoms with Crippen LogP contribution in [0.2, 0.25) is 0 Å². The van der Waals surface area contributed by atoms with Crippen LogP contribution in [0.3, 0.4) is 0 Å². The molecule has 2 aromatic carbocycles. The van der Waals surface area contributed by atoms with Gasteiger partial charge in [-0.15, -0.1) is 0 Å². The second kappa shape index (κ2) is 6.39. The van der Waals surface area contributed by atoms with Crippen molar-refractivity contribution in [2.75, 3.05) is 5.32 Å². The number of nitrogens with one attached hydrogen (secondary N) is 1. The number of benzene rings is 2. The quantitative estimate of drug-likeness (QED) is 0.599. The van der Waals surface area contributed by atoms with Crippen molar-refractivity contribution in [1.82, 2.24) is 0 Å². The van der Waals surface area contributed by atoms with Gasteiger partial charge in [0, 0.05) is 11.3 Å². The Hall–Kier alpha value is -3.03. The zero-order valence-electron chi connectivity index (χ0n) is 11.8. The minimum absolute atomic E-state index is 0.0538. The van der Waals surface area contributed by atoms with Gasteiger partial charge in [0.2, 0.25) is 0 Å². The van der Waals surface area contributed by atoms with Crippen LogP contribution in [-0.4, -0.2) is 11.9 Å². The molecule has 0 aromatic heterocycles. The van der Waals surface area contributed by atoms with Crippen molar-refractivity contribution in [3.8, 4) is 0 Å². The van der Waals surface area contributed by atoms with Crippen LogP contribution in [0.5, 0.6) is 0 Å². The number of aliphatic imine (C=N–C) groups is 1. The Kier molecular flexibility index (Phi) is 4.54. The van der Waals surface area contributed by atoms with E-state index in [0.29, 0.717) is 5.69 Å². The normalized spacial score (nSPS) is 10.9. The number of carbonyl (C=O) groups excluding carboxylic acids is 1. The molecular weight excluding hydrogens is 309 g/mol. The summed E-state index contributed by atoms with van der Waals surface area (Å²) >= 11 is 0. The van der Waals surface area contributed by atoms with E-state index in [-0.39, 0.29) is 17.2 Å². The van der Waals surface area contributed by atoms with Gasteiger partial charge in [-0.3, -0.25) is 4.79 Å². The Morgan fingerprint density at radius 2 is 1.70 bits per heavy atom. The average molecular weight is 322 g/mol. The molecule has 0 aliphatic carbocycles. The summed E-state index contributed by atoms with van der Waals surface area (Å²) in [5, 5.41) is 2.41. The van der Waals surface area contributed by atoms with Gasteiger partial charge in [0.25, 0.3) is 5.91 Å². The van der Waals surface area contributed by atoms with Gasteiger partial charge in [-0.1, -0.05) is 6.07 Å². The Morgan fingerprint density at radius 1 is 1.04 bits per heavy atom. The van der Waals surface area contributed by atoms with Crippen LogP contribution in [0, 0.1) is 0 Å². The van der Waals surface area contributed by atoms with Crippen LogP contribution >= 0.6 is 0 Å². The van der Waals surface area contributed by atoms with Crippen molar-refractivity contribution in [1.29, 1.82) is 0 Å². The lowest BCUT2D eigenvalue weighted by Crippen LogP contribution is -2.21. The van der Waals surface area contributed by atoms with E-state index in [9.17, 15) is 18.0 Å². The summed E-state index contributed by atoms with van der Waals surface area (Å²) < 4.78 is 37.9. The van der Waals surface area contributed by atoms with Crippen molar-refractivity contribution in [3.05, 3.63) is 59.7 Å². The molecule has 0 heterocycles. The number of nitrogens with two attached hydrogens (primary N) is 2. The summed E-state index contributed by atoms with van der Waals surface area (Å²) in [6.07, 6.45) is -4.47. The molecule has 0 radical (unpaired) electrons. The lowest BCUT2D eigenvalue weighted by Gasteiger charge is -2.10. The number of guanidine groups is 1. The molecule has 5 nitrogen and oxygen atoms in total. The first-order valence-electron chi connectivity index (χ1n) is 6.44. The number of hydrogen-bond donors (Lipinski definition) is 3. The fraction of sp³-hybridized carbons (Fsp3) is 0.0667. The minimum Gasteiger partial charge on any atom is -0.370 e. The first-order valence-corrected chi connectivity index (χ1v) is 6.44. The number of halogens is 3. The number of rotatable bonds is 3. The highest BCUT2D eigenvalue weighted by Gasteiger charge is 2.30. The van der Waals surface area contributed by atoms with Gasteiger partial charge < -0.3 is 16.8 Å². The minimum atomic E-state index is -4.47. The Bertz CT molecular complexity index is 735. The van der Waals surface area contributed by atoms with Crippen molar-refractivity contribution < 1.29 is 18.0 Å². The number of carbonyl (C=O) groups is 1. The van der Waals surface area contributed by atoms with E-state index in [4.69, 9.17) is 11.5 Å². The number of alkyl halides is 3. The molecule has 23 heavy (non-hydrogen) atoms. The standard InChI is InChI=1S/C15H13F3N4O/c16-15(17,18)10-2-1-3-12(8-10)21-13(23)9-4-6-11(7-5-9)22-14(19)20/h1-8H,(H,21,23)(H4,19,20,22). The lowest BCUT2D eigenvalue weighted by atomic mass is 10.1. The zero-order valence-corrected chi connectivity index (χ0v) is 11.8. The molecule has 0 saturated heterocycles. The summed E-state index contributed by atoms with van der Waals surface area (Å²) in [6.45, 7) is 0. The Balaban J connectivity index is 2.15. The van der Waals surface area contributed by atoms with Crippen LogP contribution in [0.25, 0.3) is 0 Å². The summed E-state index contributed by atoms with van der Waals surface area (Å²) in [5.41, 5.74) is 10.4. The van der Waals surface area contributed by atoms with Crippen LogP contribution in [0.15, 0.2) is 53.5 Å². The number of hydrogen-bond acceptors (Lipinski definition) is 2. The maximum absolute atomic E-state index is 12.6. The van der Waals surface area contributed by atoms with E-state index in [1.165, 1.54) is 36.4 Å². The molecule has 1 amide bonds. The zero-order chi connectivity index (χ0) is 17.0. The molecule has 2 aromatic rings. The van der Waals surface area contributed by atoms with Gasteiger partial charge in [0.1, 0.15) is 0 Å². The fourth-order valence-corrected chi connectivity index (χ4v) is 1.81. The predicted molar refractivity (Wildman–Crippen MR) is 81.3 cm³/mol. The molecule has 2 rings (SSSR count).